The Kier molecular flexibility index (Phi) is 3.61. The average Bonchev–Trinajstić information content (AvgIpc) is 3.18. The first-order chi connectivity index (χ1) is 12.1. The molecule has 2 N–H and O–H groups in total. The van der Waals surface area contributed by atoms with E-state index in [1.807, 2.05) is 55.5 Å². The number of imidazole rings is 1. The Hall–Kier alpha value is -3.34. The fourth-order valence-corrected chi connectivity index (χ4v) is 2.89. The number of amides is 1. The highest BCUT2D eigenvalue weighted by atomic mass is 16.3. The zero-order valence-corrected chi connectivity index (χ0v) is 14.0. The summed E-state index contributed by atoms with van der Waals surface area (Å²) in [6.07, 6.45) is 0. The van der Waals surface area contributed by atoms with E-state index in [2.05, 4.69) is 15.3 Å². The van der Waals surface area contributed by atoms with Gasteiger partial charge in [-0.25, -0.2) is 4.98 Å². The Morgan fingerprint density at radius 3 is 2.68 bits per heavy atom. The minimum Gasteiger partial charge on any atom is -0.466 e. The maximum Gasteiger partial charge on any atom is 0.259 e. The molecule has 5 nitrogen and oxygen atoms in total. The second kappa shape index (κ2) is 5.94. The molecule has 1 amide bonds. The molecule has 124 valence electrons. The van der Waals surface area contributed by atoms with Crippen molar-refractivity contribution in [2.24, 2.45) is 0 Å². The second-order valence-corrected chi connectivity index (χ2v) is 5.96. The molecule has 0 saturated heterocycles. The molecule has 5 heteroatoms. The Morgan fingerprint density at radius 2 is 1.92 bits per heavy atom. The van der Waals surface area contributed by atoms with Crippen LogP contribution in [-0.2, 0) is 0 Å². The second-order valence-electron chi connectivity index (χ2n) is 5.96. The fraction of sp³-hybridized carbons (Fsp3) is 0.100. The van der Waals surface area contributed by atoms with Crippen LogP contribution in [0.4, 0.5) is 5.69 Å². The van der Waals surface area contributed by atoms with Gasteiger partial charge in [0.25, 0.3) is 5.91 Å². The largest absolute Gasteiger partial charge is 0.466 e. The van der Waals surface area contributed by atoms with E-state index in [4.69, 9.17) is 4.42 Å². The molecule has 0 saturated carbocycles. The Morgan fingerprint density at radius 1 is 1.08 bits per heavy atom. The lowest BCUT2D eigenvalue weighted by molar-refractivity contribution is 0.102. The van der Waals surface area contributed by atoms with E-state index in [-0.39, 0.29) is 5.91 Å². The van der Waals surface area contributed by atoms with Crippen LogP contribution in [0, 0.1) is 13.8 Å². The first-order valence-corrected chi connectivity index (χ1v) is 8.04. The molecule has 4 rings (SSSR count). The van der Waals surface area contributed by atoms with Crippen LogP contribution in [-0.4, -0.2) is 15.9 Å². The number of fused-ring (bicyclic) bond motifs is 1. The molecular weight excluding hydrogens is 314 g/mol. The lowest BCUT2D eigenvalue weighted by atomic mass is 10.1. The molecule has 0 radical (unpaired) electrons. The number of hydrogen-bond acceptors (Lipinski definition) is 3. The smallest absolute Gasteiger partial charge is 0.259 e. The lowest BCUT2D eigenvalue weighted by Crippen LogP contribution is -2.12. The van der Waals surface area contributed by atoms with Crippen LogP contribution < -0.4 is 5.32 Å². The molecule has 0 spiro atoms. The minimum absolute atomic E-state index is 0.184. The van der Waals surface area contributed by atoms with E-state index in [0.29, 0.717) is 17.0 Å². The first kappa shape index (κ1) is 15.2. The van der Waals surface area contributed by atoms with Gasteiger partial charge in [-0.1, -0.05) is 24.3 Å². The molecule has 0 aliphatic heterocycles. The number of furan rings is 1. The number of anilines is 1. The quantitative estimate of drug-likeness (QED) is 0.572. The van der Waals surface area contributed by atoms with E-state index in [9.17, 15) is 4.79 Å². The third-order valence-electron chi connectivity index (χ3n) is 4.07. The Bertz CT molecular complexity index is 1040. The van der Waals surface area contributed by atoms with E-state index in [0.717, 1.165) is 28.2 Å². The van der Waals surface area contributed by atoms with E-state index < -0.39 is 0 Å². The first-order valence-electron chi connectivity index (χ1n) is 8.04. The predicted molar refractivity (Wildman–Crippen MR) is 97.7 cm³/mol. The number of nitrogens with zero attached hydrogens (tertiary/aromatic N) is 1. The average molecular weight is 331 g/mol. The summed E-state index contributed by atoms with van der Waals surface area (Å²) in [4.78, 5) is 20.3. The van der Waals surface area contributed by atoms with Crippen molar-refractivity contribution in [2.45, 2.75) is 13.8 Å². The monoisotopic (exact) mass is 331 g/mol. The summed E-state index contributed by atoms with van der Waals surface area (Å²) < 4.78 is 5.42. The van der Waals surface area contributed by atoms with Crippen LogP contribution >= 0.6 is 0 Å². The highest BCUT2D eigenvalue weighted by Crippen LogP contribution is 2.24. The van der Waals surface area contributed by atoms with Crippen LogP contribution in [0.5, 0.6) is 0 Å². The van der Waals surface area contributed by atoms with Crippen LogP contribution in [0.2, 0.25) is 0 Å². The summed E-state index contributed by atoms with van der Waals surface area (Å²) in [6.45, 7) is 3.61. The normalized spacial score (nSPS) is 11.0. The molecule has 2 aromatic heterocycles. The van der Waals surface area contributed by atoms with Gasteiger partial charge >= 0.3 is 0 Å². The number of aryl methyl sites for hydroxylation is 2. The molecule has 0 aliphatic rings. The molecule has 25 heavy (non-hydrogen) atoms. The number of carbonyl (C=O) groups excluding carboxylic acids is 1. The number of aromatic amines is 1. The van der Waals surface area contributed by atoms with Gasteiger partial charge in [0.1, 0.15) is 17.3 Å². The zero-order chi connectivity index (χ0) is 17.4. The summed E-state index contributed by atoms with van der Waals surface area (Å²) in [5.41, 5.74) is 4.06. The molecule has 0 fully saturated rings. The fourth-order valence-electron chi connectivity index (χ4n) is 2.89. The van der Waals surface area contributed by atoms with Gasteiger partial charge in [0.15, 0.2) is 0 Å². The van der Waals surface area contributed by atoms with Crippen molar-refractivity contribution in [3.05, 3.63) is 71.7 Å². The molecule has 4 aromatic rings. The third kappa shape index (κ3) is 2.92. The summed E-state index contributed by atoms with van der Waals surface area (Å²) in [5, 5.41) is 2.92. The zero-order valence-electron chi connectivity index (χ0n) is 14.0. The SMILES string of the molecule is Cc1cc(C(=O)Nc2cccc(-c3nc4ccccc4[nH]3)c2)c(C)o1. The molecule has 0 atom stereocenters. The van der Waals surface area contributed by atoms with Crippen LogP contribution in [0.1, 0.15) is 21.9 Å². The van der Waals surface area contributed by atoms with Crippen molar-refractivity contribution >= 4 is 22.6 Å². The molecule has 2 aromatic carbocycles. The number of aromatic nitrogens is 2. The van der Waals surface area contributed by atoms with E-state index in [1.165, 1.54) is 0 Å². The van der Waals surface area contributed by atoms with Gasteiger partial charge in [-0.05, 0) is 44.2 Å². The summed E-state index contributed by atoms with van der Waals surface area (Å²) in [6, 6.07) is 17.2. The van der Waals surface area contributed by atoms with Crippen molar-refractivity contribution in [3.63, 3.8) is 0 Å². The molecule has 0 bridgehead atoms. The Balaban J connectivity index is 1.63. The maximum absolute atomic E-state index is 12.4. The number of hydrogen-bond donors (Lipinski definition) is 2. The lowest BCUT2D eigenvalue weighted by Gasteiger charge is -2.06. The van der Waals surface area contributed by atoms with Crippen molar-refractivity contribution in [1.29, 1.82) is 0 Å². The predicted octanol–water partition coefficient (Wildman–Crippen LogP) is 4.69. The van der Waals surface area contributed by atoms with E-state index >= 15 is 0 Å². The molecule has 2 heterocycles. The van der Waals surface area contributed by atoms with Crippen LogP contribution in [0.3, 0.4) is 0 Å². The van der Waals surface area contributed by atoms with Crippen LogP contribution in [0.15, 0.2) is 59.0 Å². The summed E-state index contributed by atoms with van der Waals surface area (Å²) in [5.74, 6) is 1.92. The number of nitrogens with one attached hydrogen (secondary N) is 2. The highest BCUT2D eigenvalue weighted by Gasteiger charge is 2.14. The van der Waals surface area contributed by atoms with Gasteiger partial charge in [-0.2, -0.15) is 0 Å². The minimum atomic E-state index is -0.184. The summed E-state index contributed by atoms with van der Waals surface area (Å²) >= 11 is 0. The van der Waals surface area contributed by atoms with E-state index in [1.54, 1.807) is 13.0 Å². The van der Waals surface area contributed by atoms with Gasteiger partial charge in [-0.15, -0.1) is 0 Å². The molecule has 0 aliphatic carbocycles. The topological polar surface area (TPSA) is 70.9 Å². The van der Waals surface area contributed by atoms with Gasteiger partial charge in [0, 0.05) is 11.3 Å². The molecular formula is C20H17N3O2. The highest BCUT2D eigenvalue weighted by molar-refractivity contribution is 6.05. The standard InChI is InChI=1S/C20H17N3O2/c1-12-10-16(13(2)25-12)20(24)21-15-7-5-6-14(11-15)19-22-17-8-3-4-9-18(17)23-19/h3-11H,1-2H3,(H,21,24)(H,22,23). The summed E-state index contributed by atoms with van der Waals surface area (Å²) in [7, 11) is 0. The van der Waals surface area contributed by atoms with Gasteiger partial charge in [-0.3, -0.25) is 4.79 Å². The maximum atomic E-state index is 12.4. The number of benzene rings is 2. The van der Waals surface area contributed by atoms with Gasteiger partial charge in [0.05, 0.1) is 16.6 Å². The van der Waals surface area contributed by atoms with Crippen molar-refractivity contribution in [2.75, 3.05) is 5.32 Å². The van der Waals surface area contributed by atoms with Gasteiger partial charge in [0.2, 0.25) is 0 Å². The Labute approximate surface area is 144 Å². The number of rotatable bonds is 3. The molecule has 0 unspecified atom stereocenters. The number of carbonyl (C=O) groups is 1. The van der Waals surface area contributed by atoms with Crippen molar-refractivity contribution in [1.82, 2.24) is 9.97 Å². The third-order valence-corrected chi connectivity index (χ3v) is 4.07. The van der Waals surface area contributed by atoms with Crippen molar-refractivity contribution < 1.29 is 9.21 Å². The van der Waals surface area contributed by atoms with Crippen molar-refractivity contribution in [3.8, 4) is 11.4 Å². The van der Waals surface area contributed by atoms with Crippen LogP contribution in [0.25, 0.3) is 22.4 Å². The number of para-hydroxylation sites is 2. The van der Waals surface area contributed by atoms with Gasteiger partial charge < -0.3 is 14.7 Å². The number of H-pyrrole nitrogens is 1.